The van der Waals surface area contributed by atoms with Gasteiger partial charge >= 0.3 is 0 Å². The predicted molar refractivity (Wildman–Crippen MR) is 91.8 cm³/mol. The SMILES string of the molecule is Oc1ccc(-c2cc3c(c(O[C@H]4CCNC4)c2)C=NC3)cc1Cl. The molecule has 23 heavy (non-hydrogen) atoms. The molecular formula is C18H17ClN2O2. The van der Waals surface area contributed by atoms with E-state index in [4.69, 9.17) is 16.3 Å². The van der Waals surface area contributed by atoms with E-state index >= 15 is 0 Å². The van der Waals surface area contributed by atoms with Crippen molar-refractivity contribution in [2.45, 2.75) is 19.1 Å². The van der Waals surface area contributed by atoms with E-state index in [0.29, 0.717) is 11.6 Å². The first kappa shape index (κ1) is 14.5. The molecule has 2 aromatic carbocycles. The lowest BCUT2D eigenvalue weighted by atomic mass is 9.99. The fourth-order valence-corrected chi connectivity index (χ4v) is 3.24. The molecule has 0 radical (unpaired) electrons. The highest BCUT2D eigenvalue weighted by Crippen LogP contribution is 2.35. The number of rotatable bonds is 3. The van der Waals surface area contributed by atoms with E-state index in [1.807, 2.05) is 18.3 Å². The Bertz CT molecular complexity index is 783. The minimum absolute atomic E-state index is 0.0911. The van der Waals surface area contributed by atoms with Crippen LogP contribution in [0.3, 0.4) is 0 Å². The average molecular weight is 329 g/mol. The second-order valence-electron chi connectivity index (χ2n) is 5.92. The maximum absolute atomic E-state index is 9.61. The zero-order chi connectivity index (χ0) is 15.8. The molecule has 0 saturated carbocycles. The third-order valence-corrected chi connectivity index (χ3v) is 4.60. The summed E-state index contributed by atoms with van der Waals surface area (Å²) in [5.74, 6) is 0.963. The van der Waals surface area contributed by atoms with Crippen molar-refractivity contribution in [1.82, 2.24) is 5.32 Å². The van der Waals surface area contributed by atoms with E-state index in [1.54, 1.807) is 12.1 Å². The Morgan fingerprint density at radius 1 is 1.22 bits per heavy atom. The summed E-state index contributed by atoms with van der Waals surface area (Å²) in [7, 11) is 0. The Morgan fingerprint density at radius 3 is 2.91 bits per heavy atom. The lowest BCUT2D eigenvalue weighted by molar-refractivity contribution is 0.223. The number of phenols is 1. The van der Waals surface area contributed by atoms with Gasteiger partial charge < -0.3 is 15.2 Å². The van der Waals surface area contributed by atoms with E-state index in [-0.39, 0.29) is 11.9 Å². The van der Waals surface area contributed by atoms with Gasteiger partial charge in [0.1, 0.15) is 17.6 Å². The van der Waals surface area contributed by atoms with Crippen LogP contribution in [0.15, 0.2) is 35.3 Å². The number of fused-ring (bicyclic) bond motifs is 1. The van der Waals surface area contributed by atoms with Crippen LogP contribution in [0.25, 0.3) is 11.1 Å². The molecule has 4 rings (SSSR count). The number of hydrogen-bond acceptors (Lipinski definition) is 4. The summed E-state index contributed by atoms with van der Waals surface area (Å²) >= 11 is 6.04. The van der Waals surface area contributed by atoms with E-state index in [2.05, 4.69) is 16.4 Å². The summed E-state index contributed by atoms with van der Waals surface area (Å²) in [6.07, 6.45) is 3.11. The summed E-state index contributed by atoms with van der Waals surface area (Å²) < 4.78 is 6.20. The molecule has 0 amide bonds. The number of nitrogens with zero attached hydrogens (tertiary/aromatic N) is 1. The second kappa shape index (κ2) is 5.87. The molecule has 118 valence electrons. The Labute approximate surface area is 139 Å². The molecule has 1 saturated heterocycles. The molecule has 1 fully saturated rings. The molecule has 0 aliphatic carbocycles. The van der Waals surface area contributed by atoms with Gasteiger partial charge in [0.05, 0.1) is 11.6 Å². The van der Waals surface area contributed by atoms with E-state index in [1.165, 1.54) is 0 Å². The minimum atomic E-state index is 0.0911. The molecule has 0 unspecified atom stereocenters. The Hall–Kier alpha value is -2.04. The molecule has 0 aromatic heterocycles. The standard InChI is InChI=1S/C18H17ClN2O2/c19-16-6-11(1-2-17(16)22)12-5-13-8-21-10-15(13)18(7-12)23-14-3-4-20-9-14/h1-2,5-7,10,14,20,22H,3-4,8-9H2/t14-/m0/s1. The van der Waals surface area contributed by atoms with Crippen molar-refractivity contribution in [3.63, 3.8) is 0 Å². The number of halogens is 1. The lowest BCUT2D eigenvalue weighted by Gasteiger charge is -2.17. The van der Waals surface area contributed by atoms with Crippen molar-refractivity contribution >= 4 is 17.8 Å². The highest BCUT2D eigenvalue weighted by molar-refractivity contribution is 6.32. The maximum atomic E-state index is 9.61. The van der Waals surface area contributed by atoms with Gasteiger partial charge in [0, 0.05) is 18.3 Å². The highest BCUT2D eigenvalue weighted by Gasteiger charge is 2.21. The average Bonchev–Trinajstić information content (AvgIpc) is 3.21. The summed E-state index contributed by atoms with van der Waals surface area (Å²) in [4.78, 5) is 4.37. The molecule has 5 heteroatoms. The minimum Gasteiger partial charge on any atom is -0.506 e. The van der Waals surface area contributed by atoms with Crippen molar-refractivity contribution in [3.8, 4) is 22.6 Å². The lowest BCUT2D eigenvalue weighted by Crippen LogP contribution is -2.20. The summed E-state index contributed by atoms with van der Waals surface area (Å²) in [6, 6.07) is 9.40. The van der Waals surface area contributed by atoms with Crippen molar-refractivity contribution in [2.75, 3.05) is 13.1 Å². The number of phenolic OH excluding ortho intramolecular Hbond substituents is 1. The molecule has 2 aliphatic rings. The van der Waals surface area contributed by atoms with Crippen LogP contribution in [0, 0.1) is 0 Å². The summed E-state index contributed by atoms with van der Waals surface area (Å²) in [5.41, 5.74) is 4.21. The smallest absolute Gasteiger partial charge is 0.134 e. The molecular weight excluding hydrogens is 312 g/mol. The third kappa shape index (κ3) is 2.80. The van der Waals surface area contributed by atoms with Crippen LogP contribution < -0.4 is 10.1 Å². The third-order valence-electron chi connectivity index (χ3n) is 4.30. The Morgan fingerprint density at radius 2 is 2.13 bits per heavy atom. The number of nitrogens with one attached hydrogen (secondary N) is 1. The normalized spacial score (nSPS) is 19.1. The van der Waals surface area contributed by atoms with Crippen LogP contribution in [0.5, 0.6) is 11.5 Å². The van der Waals surface area contributed by atoms with Gasteiger partial charge in [-0.1, -0.05) is 17.7 Å². The van der Waals surface area contributed by atoms with Crippen LogP contribution in [-0.2, 0) is 6.54 Å². The molecule has 1 atom stereocenters. The molecule has 2 aromatic rings. The van der Waals surface area contributed by atoms with Crippen LogP contribution in [0.4, 0.5) is 0 Å². The Kier molecular flexibility index (Phi) is 3.71. The van der Waals surface area contributed by atoms with Crippen molar-refractivity contribution < 1.29 is 9.84 Å². The van der Waals surface area contributed by atoms with Crippen LogP contribution in [-0.4, -0.2) is 30.5 Å². The van der Waals surface area contributed by atoms with Gasteiger partial charge in [0.25, 0.3) is 0 Å². The van der Waals surface area contributed by atoms with E-state index in [0.717, 1.165) is 47.5 Å². The van der Waals surface area contributed by atoms with Crippen molar-refractivity contribution in [3.05, 3.63) is 46.5 Å². The molecule has 2 heterocycles. The second-order valence-corrected chi connectivity index (χ2v) is 6.32. The van der Waals surface area contributed by atoms with Crippen molar-refractivity contribution in [2.24, 2.45) is 4.99 Å². The van der Waals surface area contributed by atoms with Crippen LogP contribution in [0.1, 0.15) is 17.5 Å². The monoisotopic (exact) mass is 328 g/mol. The van der Waals surface area contributed by atoms with Gasteiger partial charge in [0.2, 0.25) is 0 Å². The van der Waals surface area contributed by atoms with Gasteiger partial charge in [-0.05, 0) is 53.9 Å². The molecule has 2 aliphatic heterocycles. The number of hydrogen-bond donors (Lipinski definition) is 2. The largest absolute Gasteiger partial charge is 0.506 e. The fourth-order valence-electron chi connectivity index (χ4n) is 3.06. The first-order valence-corrected chi connectivity index (χ1v) is 8.11. The van der Waals surface area contributed by atoms with E-state index in [9.17, 15) is 5.11 Å². The van der Waals surface area contributed by atoms with Gasteiger partial charge in [-0.2, -0.15) is 0 Å². The summed E-state index contributed by atoms with van der Waals surface area (Å²) in [6.45, 7) is 2.55. The number of benzene rings is 2. The topological polar surface area (TPSA) is 53.9 Å². The van der Waals surface area contributed by atoms with Crippen LogP contribution in [0.2, 0.25) is 5.02 Å². The quantitative estimate of drug-likeness (QED) is 0.908. The van der Waals surface area contributed by atoms with Crippen molar-refractivity contribution in [1.29, 1.82) is 0 Å². The molecule has 4 nitrogen and oxygen atoms in total. The molecule has 0 spiro atoms. The Balaban J connectivity index is 1.74. The first-order chi connectivity index (χ1) is 11.2. The van der Waals surface area contributed by atoms with Gasteiger partial charge in [-0.15, -0.1) is 0 Å². The first-order valence-electron chi connectivity index (χ1n) is 7.74. The fraction of sp³-hybridized carbons (Fsp3) is 0.278. The predicted octanol–water partition coefficient (Wildman–Crippen LogP) is 3.39. The number of ether oxygens (including phenoxy) is 1. The number of aromatic hydroxyl groups is 1. The van der Waals surface area contributed by atoms with Gasteiger partial charge in [0.15, 0.2) is 0 Å². The molecule has 2 N–H and O–H groups in total. The summed E-state index contributed by atoms with van der Waals surface area (Å²) in [5, 5.41) is 13.3. The number of aliphatic imine (C=N–C) groups is 1. The molecule has 0 bridgehead atoms. The zero-order valence-electron chi connectivity index (χ0n) is 12.6. The van der Waals surface area contributed by atoms with Crippen LogP contribution >= 0.6 is 11.6 Å². The zero-order valence-corrected chi connectivity index (χ0v) is 13.3. The van der Waals surface area contributed by atoms with Gasteiger partial charge in [-0.3, -0.25) is 4.99 Å². The maximum Gasteiger partial charge on any atom is 0.134 e. The van der Waals surface area contributed by atoms with Gasteiger partial charge in [-0.25, -0.2) is 0 Å². The highest BCUT2D eigenvalue weighted by atomic mass is 35.5. The van der Waals surface area contributed by atoms with E-state index < -0.39 is 0 Å².